The number of rotatable bonds is 7. The summed E-state index contributed by atoms with van der Waals surface area (Å²) < 4.78 is 34.6. The quantitative estimate of drug-likeness (QED) is 0.411. The van der Waals surface area contributed by atoms with Crippen LogP contribution < -0.4 is 4.72 Å². The van der Waals surface area contributed by atoms with Crippen LogP contribution in [-0.4, -0.2) is 28.3 Å². The largest absolute Gasteiger partial charge is 0.332 e. The number of benzene rings is 3. The zero-order valence-electron chi connectivity index (χ0n) is 16.9. The number of nitrogens with one attached hydrogen (secondary N) is 1. The van der Waals surface area contributed by atoms with Crippen LogP contribution in [-0.2, 0) is 23.1 Å². The van der Waals surface area contributed by atoms with Crippen LogP contribution in [0.3, 0.4) is 0 Å². The van der Waals surface area contributed by atoms with Gasteiger partial charge in [-0.1, -0.05) is 71.9 Å². The van der Waals surface area contributed by atoms with Gasteiger partial charge in [-0.25, -0.2) is 13.1 Å². The van der Waals surface area contributed by atoms with Gasteiger partial charge in [0.05, 0.1) is 23.5 Å². The maximum Gasteiger partial charge on any atom is 0.279 e. The van der Waals surface area contributed by atoms with Crippen molar-refractivity contribution >= 4 is 20.9 Å². The van der Waals surface area contributed by atoms with E-state index in [4.69, 9.17) is 9.62 Å². The van der Waals surface area contributed by atoms with Crippen LogP contribution in [0.4, 0.5) is 0 Å². The third kappa shape index (κ3) is 4.03. The minimum atomic E-state index is -3.67. The van der Waals surface area contributed by atoms with Crippen LogP contribution in [0.15, 0.2) is 94.3 Å². The second kappa shape index (κ2) is 8.37. The van der Waals surface area contributed by atoms with Crippen LogP contribution >= 0.6 is 0 Å². The van der Waals surface area contributed by atoms with Crippen molar-refractivity contribution in [1.82, 2.24) is 24.6 Å². The highest BCUT2D eigenvalue weighted by Gasteiger charge is 2.20. The summed E-state index contributed by atoms with van der Waals surface area (Å²) in [5, 5.41) is 9.51. The summed E-state index contributed by atoms with van der Waals surface area (Å²) >= 11 is 0. The molecule has 1 N–H and O–H groups in total. The molecule has 0 saturated carbocycles. The third-order valence-electron chi connectivity index (χ3n) is 4.98. The van der Waals surface area contributed by atoms with Crippen LogP contribution in [0.5, 0.6) is 0 Å². The number of para-hydroxylation sites is 1. The fraction of sp³-hybridized carbons (Fsp3) is 0.0870. The van der Waals surface area contributed by atoms with Crippen molar-refractivity contribution in [3.05, 3.63) is 96.3 Å². The van der Waals surface area contributed by atoms with Crippen LogP contribution in [0.2, 0.25) is 0 Å². The molecular weight excluding hydrogens is 426 g/mol. The minimum absolute atomic E-state index is 0.0939. The van der Waals surface area contributed by atoms with E-state index >= 15 is 0 Å². The summed E-state index contributed by atoms with van der Waals surface area (Å²) in [5.41, 5.74) is 2.62. The molecule has 2 aromatic heterocycles. The Balaban J connectivity index is 1.41. The van der Waals surface area contributed by atoms with Gasteiger partial charge in [-0.3, -0.25) is 4.68 Å². The van der Waals surface area contributed by atoms with Crippen molar-refractivity contribution in [2.24, 2.45) is 0 Å². The van der Waals surface area contributed by atoms with Crippen molar-refractivity contribution < 1.29 is 12.9 Å². The Hall–Kier alpha value is -3.82. The minimum Gasteiger partial charge on any atom is -0.332 e. The van der Waals surface area contributed by atoms with E-state index < -0.39 is 10.0 Å². The SMILES string of the molecule is O=S(=O)(NCc1noc(-c2nn(Cc3ccccc3)c3ccccc23)n1)c1ccccc1. The van der Waals surface area contributed by atoms with Crippen molar-refractivity contribution in [3.63, 3.8) is 0 Å². The first-order chi connectivity index (χ1) is 15.6. The molecule has 8 nitrogen and oxygen atoms in total. The zero-order valence-corrected chi connectivity index (χ0v) is 17.7. The molecule has 9 heteroatoms. The third-order valence-corrected chi connectivity index (χ3v) is 6.39. The normalized spacial score (nSPS) is 11.8. The number of aromatic nitrogens is 4. The maximum atomic E-state index is 12.4. The van der Waals surface area contributed by atoms with Gasteiger partial charge in [-0.2, -0.15) is 10.1 Å². The summed E-state index contributed by atoms with van der Waals surface area (Å²) in [5.74, 6) is 0.461. The number of hydrogen-bond donors (Lipinski definition) is 1. The molecule has 0 spiro atoms. The molecule has 0 bridgehead atoms. The molecule has 0 aliphatic rings. The van der Waals surface area contributed by atoms with Crippen molar-refractivity contribution in [3.8, 4) is 11.6 Å². The number of hydrogen-bond acceptors (Lipinski definition) is 6. The molecule has 0 amide bonds. The fourth-order valence-electron chi connectivity index (χ4n) is 3.43. The van der Waals surface area contributed by atoms with Gasteiger partial charge in [-0.15, -0.1) is 0 Å². The number of sulfonamides is 1. The molecule has 32 heavy (non-hydrogen) atoms. The number of nitrogens with zero attached hydrogens (tertiary/aromatic N) is 4. The van der Waals surface area contributed by atoms with E-state index in [0.29, 0.717) is 12.2 Å². The van der Waals surface area contributed by atoms with Crippen molar-refractivity contribution in [1.29, 1.82) is 0 Å². The highest BCUT2D eigenvalue weighted by atomic mass is 32.2. The molecule has 3 aromatic carbocycles. The topological polar surface area (TPSA) is 103 Å². The molecule has 0 atom stereocenters. The molecular formula is C23H19N5O3S. The Labute approximate surface area is 184 Å². The lowest BCUT2D eigenvalue weighted by atomic mass is 10.2. The second-order valence-corrected chi connectivity index (χ2v) is 8.93. The van der Waals surface area contributed by atoms with Gasteiger partial charge in [0.1, 0.15) is 0 Å². The van der Waals surface area contributed by atoms with Crippen LogP contribution in [0.1, 0.15) is 11.4 Å². The lowest BCUT2D eigenvalue weighted by molar-refractivity contribution is 0.420. The van der Waals surface area contributed by atoms with Crippen molar-refractivity contribution in [2.45, 2.75) is 18.0 Å². The summed E-state index contributed by atoms with van der Waals surface area (Å²) in [6.07, 6.45) is 0. The van der Waals surface area contributed by atoms with Crippen LogP contribution in [0.25, 0.3) is 22.5 Å². The average Bonchev–Trinajstić information content (AvgIpc) is 3.44. The molecule has 0 aliphatic carbocycles. The van der Waals surface area contributed by atoms with Gasteiger partial charge in [0.2, 0.25) is 10.0 Å². The fourth-order valence-corrected chi connectivity index (χ4v) is 4.43. The summed E-state index contributed by atoms with van der Waals surface area (Å²) in [6, 6.07) is 26.0. The Kier molecular flexibility index (Phi) is 5.26. The summed E-state index contributed by atoms with van der Waals surface area (Å²) in [6.45, 7) is 0.503. The van der Waals surface area contributed by atoms with Gasteiger partial charge in [0.15, 0.2) is 11.5 Å². The van der Waals surface area contributed by atoms with Crippen LogP contribution in [0, 0.1) is 0 Å². The van der Waals surface area contributed by atoms with E-state index in [1.54, 1.807) is 18.2 Å². The molecule has 0 fully saturated rings. The first-order valence-electron chi connectivity index (χ1n) is 9.97. The van der Waals surface area contributed by atoms with Gasteiger partial charge >= 0.3 is 0 Å². The van der Waals surface area contributed by atoms with E-state index in [1.807, 2.05) is 59.3 Å². The number of fused-ring (bicyclic) bond motifs is 1. The predicted molar refractivity (Wildman–Crippen MR) is 119 cm³/mol. The maximum absolute atomic E-state index is 12.4. The molecule has 0 aliphatic heterocycles. The Morgan fingerprint density at radius 3 is 2.34 bits per heavy atom. The monoisotopic (exact) mass is 445 g/mol. The average molecular weight is 446 g/mol. The van der Waals surface area contributed by atoms with Gasteiger partial charge in [0, 0.05) is 5.39 Å². The van der Waals surface area contributed by atoms with Gasteiger partial charge in [0.25, 0.3) is 5.89 Å². The lowest BCUT2D eigenvalue weighted by Crippen LogP contribution is -2.23. The highest BCUT2D eigenvalue weighted by molar-refractivity contribution is 7.89. The Morgan fingerprint density at radius 1 is 0.875 bits per heavy atom. The van der Waals surface area contributed by atoms with E-state index in [1.165, 1.54) is 12.1 Å². The molecule has 0 unspecified atom stereocenters. The van der Waals surface area contributed by atoms with E-state index in [0.717, 1.165) is 16.5 Å². The smallest absolute Gasteiger partial charge is 0.279 e. The Bertz CT molecular complexity index is 1460. The zero-order chi connectivity index (χ0) is 22.0. The Morgan fingerprint density at radius 2 is 1.56 bits per heavy atom. The first-order valence-corrected chi connectivity index (χ1v) is 11.5. The first kappa shape index (κ1) is 20.1. The molecule has 5 aromatic rings. The standard InChI is InChI=1S/C23H19N5O3S/c29-32(30,18-11-5-2-6-12-18)24-15-21-25-23(31-27-21)22-19-13-7-8-14-20(19)28(26-22)16-17-9-3-1-4-10-17/h1-14,24H,15-16H2. The van der Waals surface area contributed by atoms with E-state index in [9.17, 15) is 8.42 Å². The summed E-state index contributed by atoms with van der Waals surface area (Å²) in [4.78, 5) is 4.54. The molecule has 2 heterocycles. The molecule has 0 radical (unpaired) electrons. The van der Waals surface area contributed by atoms with E-state index in [2.05, 4.69) is 14.9 Å². The lowest BCUT2D eigenvalue weighted by Gasteiger charge is -2.03. The van der Waals surface area contributed by atoms with Crippen molar-refractivity contribution in [2.75, 3.05) is 0 Å². The van der Waals surface area contributed by atoms with Gasteiger partial charge in [-0.05, 0) is 23.8 Å². The molecule has 160 valence electrons. The molecule has 0 saturated heterocycles. The van der Waals surface area contributed by atoms with Gasteiger partial charge < -0.3 is 4.52 Å². The highest BCUT2D eigenvalue weighted by Crippen LogP contribution is 2.27. The van der Waals surface area contributed by atoms with E-state index in [-0.39, 0.29) is 23.2 Å². The predicted octanol–water partition coefficient (Wildman–Crippen LogP) is 3.61. The molecule has 5 rings (SSSR count). The second-order valence-electron chi connectivity index (χ2n) is 7.16. The summed E-state index contributed by atoms with van der Waals surface area (Å²) in [7, 11) is -3.67.